The fraction of sp³-hybridized carbons (Fsp3) is 1.00. The fourth-order valence-corrected chi connectivity index (χ4v) is 2.01. The van der Waals surface area contributed by atoms with E-state index in [-0.39, 0.29) is 0 Å². The SMILES string of the molecule is [B]N1CCC2CC2(C)C1. The maximum absolute atomic E-state index is 5.67. The summed E-state index contributed by atoms with van der Waals surface area (Å²) in [7, 11) is 5.67. The zero-order valence-electron chi connectivity index (χ0n) is 5.93. The summed E-state index contributed by atoms with van der Waals surface area (Å²) in [5, 5.41) is 0. The normalized spacial score (nSPS) is 50.6. The average Bonchev–Trinajstić information content (AvgIpc) is 2.38. The van der Waals surface area contributed by atoms with Gasteiger partial charge in [0.05, 0.1) is 0 Å². The van der Waals surface area contributed by atoms with Crippen LogP contribution in [-0.4, -0.2) is 25.9 Å². The second-order valence-corrected chi connectivity index (χ2v) is 3.81. The molecule has 1 nitrogen and oxygen atoms in total. The summed E-state index contributed by atoms with van der Waals surface area (Å²) in [5.74, 6) is 1.01. The predicted octanol–water partition coefficient (Wildman–Crippen LogP) is 0.802. The molecule has 1 heterocycles. The van der Waals surface area contributed by atoms with Crippen molar-refractivity contribution in [1.82, 2.24) is 4.81 Å². The highest BCUT2D eigenvalue weighted by molar-refractivity contribution is 6.04. The van der Waals surface area contributed by atoms with Crippen molar-refractivity contribution >= 4 is 7.98 Å². The Balaban J connectivity index is 2.03. The van der Waals surface area contributed by atoms with Crippen LogP contribution < -0.4 is 0 Å². The van der Waals surface area contributed by atoms with E-state index in [9.17, 15) is 0 Å². The molecule has 0 amide bonds. The molecule has 0 aromatic heterocycles. The van der Waals surface area contributed by atoms with Gasteiger partial charge >= 0.3 is 0 Å². The summed E-state index contributed by atoms with van der Waals surface area (Å²) in [5.41, 5.74) is 0.618. The molecule has 0 bridgehead atoms. The molecule has 2 fully saturated rings. The lowest BCUT2D eigenvalue weighted by molar-refractivity contribution is 0.279. The van der Waals surface area contributed by atoms with Crippen LogP contribution in [0.3, 0.4) is 0 Å². The third-order valence-corrected chi connectivity index (χ3v) is 2.87. The molecule has 2 rings (SSSR count). The van der Waals surface area contributed by atoms with Gasteiger partial charge in [-0.1, -0.05) is 6.92 Å². The van der Waals surface area contributed by atoms with E-state index >= 15 is 0 Å². The molecule has 1 aliphatic carbocycles. The van der Waals surface area contributed by atoms with Gasteiger partial charge in [-0.25, -0.2) is 0 Å². The highest BCUT2D eigenvalue weighted by atomic mass is 15.1. The molecule has 2 unspecified atom stereocenters. The van der Waals surface area contributed by atoms with E-state index in [1.165, 1.54) is 12.8 Å². The van der Waals surface area contributed by atoms with Gasteiger partial charge in [-0.05, 0) is 37.3 Å². The van der Waals surface area contributed by atoms with Crippen molar-refractivity contribution in [3.8, 4) is 0 Å². The second kappa shape index (κ2) is 1.54. The number of fused-ring (bicyclic) bond motifs is 1. The quantitative estimate of drug-likeness (QED) is 0.428. The molecule has 2 radical (unpaired) electrons. The third kappa shape index (κ3) is 0.805. The number of hydrogen-bond donors (Lipinski definition) is 0. The maximum Gasteiger partial charge on any atom is 0.182 e. The van der Waals surface area contributed by atoms with Gasteiger partial charge in [0.15, 0.2) is 7.98 Å². The van der Waals surface area contributed by atoms with E-state index in [0.717, 1.165) is 19.0 Å². The first-order valence-electron chi connectivity index (χ1n) is 3.70. The first-order chi connectivity index (χ1) is 4.21. The summed E-state index contributed by atoms with van der Waals surface area (Å²) in [6.07, 6.45) is 2.74. The minimum atomic E-state index is 0.618. The summed E-state index contributed by atoms with van der Waals surface area (Å²) < 4.78 is 0. The van der Waals surface area contributed by atoms with E-state index in [2.05, 4.69) is 6.92 Å². The largest absolute Gasteiger partial charge is 0.353 e. The average molecular weight is 121 g/mol. The second-order valence-electron chi connectivity index (χ2n) is 3.81. The Labute approximate surface area is 57.9 Å². The molecule has 0 aromatic rings. The van der Waals surface area contributed by atoms with Crippen LogP contribution in [0.1, 0.15) is 19.8 Å². The standard InChI is InChI=1S/C7H12BN/c1-7-4-6(7)2-3-9(8)5-7/h6H,2-5H2,1H3. The Morgan fingerprint density at radius 1 is 1.67 bits per heavy atom. The van der Waals surface area contributed by atoms with E-state index < -0.39 is 0 Å². The zero-order chi connectivity index (χ0) is 6.48. The van der Waals surface area contributed by atoms with Crippen LogP contribution in [0.5, 0.6) is 0 Å². The fourth-order valence-electron chi connectivity index (χ4n) is 2.01. The minimum Gasteiger partial charge on any atom is -0.353 e. The van der Waals surface area contributed by atoms with Gasteiger partial charge in [0, 0.05) is 0 Å². The molecule has 2 atom stereocenters. The Hall–Kier alpha value is 0.0249. The summed E-state index contributed by atoms with van der Waals surface area (Å²) in [6.45, 7) is 4.58. The first-order valence-corrected chi connectivity index (χ1v) is 3.70. The summed E-state index contributed by atoms with van der Waals surface area (Å²) in [6, 6.07) is 0. The van der Waals surface area contributed by atoms with Crippen molar-refractivity contribution in [3.05, 3.63) is 0 Å². The topological polar surface area (TPSA) is 3.24 Å². The van der Waals surface area contributed by atoms with Crippen molar-refractivity contribution in [2.45, 2.75) is 19.8 Å². The molecule has 1 saturated heterocycles. The van der Waals surface area contributed by atoms with Gasteiger partial charge in [0.2, 0.25) is 0 Å². The van der Waals surface area contributed by atoms with Crippen LogP contribution in [0.2, 0.25) is 0 Å². The van der Waals surface area contributed by atoms with Crippen LogP contribution in [0.4, 0.5) is 0 Å². The molecule has 2 heteroatoms. The molecule has 1 saturated carbocycles. The van der Waals surface area contributed by atoms with Gasteiger partial charge < -0.3 is 4.81 Å². The highest BCUT2D eigenvalue weighted by Gasteiger charge is 2.51. The van der Waals surface area contributed by atoms with Crippen molar-refractivity contribution in [3.63, 3.8) is 0 Å². The van der Waals surface area contributed by atoms with Gasteiger partial charge in [-0.3, -0.25) is 0 Å². The van der Waals surface area contributed by atoms with Crippen LogP contribution in [0.25, 0.3) is 0 Å². The van der Waals surface area contributed by atoms with Crippen molar-refractivity contribution in [2.24, 2.45) is 11.3 Å². The molecule has 2 aliphatic rings. The van der Waals surface area contributed by atoms with Gasteiger partial charge in [-0.15, -0.1) is 0 Å². The number of hydrogen-bond acceptors (Lipinski definition) is 1. The van der Waals surface area contributed by atoms with Crippen molar-refractivity contribution in [2.75, 3.05) is 13.1 Å². The number of piperidine rings is 1. The van der Waals surface area contributed by atoms with Crippen LogP contribution in [-0.2, 0) is 0 Å². The molecule has 1 aliphatic heterocycles. The summed E-state index contributed by atoms with van der Waals surface area (Å²) in [4.78, 5) is 1.96. The molecular weight excluding hydrogens is 109 g/mol. The first kappa shape index (κ1) is 5.78. The predicted molar refractivity (Wildman–Crippen MR) is 38.2 cm³/mol. The number of rotatable bonds is 0. The summed E-state index contributed by atoms with van der Waals surface area (Å²) >= 11 is 0. The lowest BCUT2D eigenvalue weighted by Crippen LogP contribution is -2.33. The van der Waals surface area contributed by atoms with Gasteiger partial charge in [0.1, 0.15) is 0 Å². The maximum atomic E-state index is 5.67. The number of nitrogens with zero attached hydrogens (tertiary/aromatic N) is 1. The minimum absolute atomic E-state index is 0.618. The van der Waals surface area contributed by atoms with Gasteiger partial charge in [-0.2, -0.15) is 0 Å². The van der Waals surface area contributed by atoms with E-state index in [4.69, 9.17) is 7.98 Å². The molecule has 48 valence electrons. The van der Waals surface area contributed by atoms with E-state index in [1.54, 1.807) is 0 Å². The monoisotopic (exact) mass is 121 g/mol. The Bertz CT molecular complexity index is 137. The molecule has 0 spiro atoms. The Kier molecular flexibility index (Phi) is 0.991. The highest BCUT2D eigenvalue weighted by Crippen LogP contribution is 2.56. The van der Waals surface area contributed by atoms with Gasteiger partial charge in [0.25, 0.3) is 0 Å². The zero-order valence-corrected chi connectivity index (χ0v) is 5.93. The Morgan fingerprint density at radius 2 is 2.44 bits per heavy atom. The lowest BCUT2D eigenvalue weighted by Gasteiger charge is -2.27. The lowest BCUT2D eigenvalue weighted by atomic mass is 9.97. The molecule has 9 heavy (non-hydrogen) atoms. The molecule has 0 aromatic carbocycles. The molecular formula is C7H12BN. The van der Waals surface area contributed by atoms with Crippen molar-refractivity contribution in [1.29, 1.82) is 0 Å². The van der Waals surface area contributed by atoms with Crippen LogP contribution in [0.15, 0.2) is 0 Å². The Morgan fingerprint density at radius 3 is 3.00 bits per heavy atom. The van der Waals surface area contributed by atoms with Crippen LogP contribution >= 0.6 is 0 Å². The van der Waals surface area contributed by atoms with E-state index in [1.807, 2.05) is 4.81 Å². The van der Waals surface area contributed by atoms with Crippen LogP contribution in [0, 0.1) is 11.3 Å². The molecule has 0 N–H and O–H groups in total. The smallest absolute Gasteiger partial charge is 0.182 e. The third-order valence-electron chi connectivity index (χ3n) is 2.87. The van der Waals surface area contributed by atoms with E-state index in [0.29, 0.717) is 5.41 Å². The van der Waals surface area contributed by atoms with Crippen molar-refractivity contribution < 1.29 is 0 Å².